The predicted molar refractivity (Wildman–Crippen MR) is 75.6 cm³/mol. The van der Waals surface area contributed by atoms with E-state index in [0.29, 0.717) is 0 Å². The molecule has 0 unspecified atom stereocenters. The van der Waals surface area contributed by atoms with E-state index in [0.717, 1.165) is 11.3 Å². The Morgan fingerprint density at radius 2 is 2.05 bits per heavy atom. The van der Waals surface area contributed by atoms with E-state index in [4.69, 9.17) is 28.3 Å². The summed E-state index contributed by atoms with van der Waals surface area (Å²) in [5.41, 5.74) is -0.894. The number of thiophene rings is 1. The molecule has 108 valence electrons. The summed E-state index contributed by atoms with van der Waals surface area (Å²) >= 11 is 12.5. The molecule has 1 aromatic heterocycles. The van der Waals surface area contributed by atoms with Crippen LogP contribution >= 0.6 is 34.5 Å². The van der Waals surface area contributed by atoms with Gasteiger partial charge in [0.15, 0.2) is 0 Å². The van der Waals surface area contributed by atoms with Gasteiger partial charge in [0.25, 0.3) is 0 Å². The van der Waals surface area contributed by atoms with Crippen molar-refractivity contribution in [1.82, 2.24) is 4.72 Å². The third-order valence-electron chi connectivity index (χ3n) is 2.29. The van der Waals surface area contributed by atoms with Crippen molar-refractivity contribution in [2.24, 2.45) is 0 Å². The van der Waals surface area contributed by atoms with Crippen molar-refractivity contribution in [3.05, 3.63) is 14.7 Å². The molecule has 5 nitrogen and oxygen atoms in total. The quantitative estimate of drug-likeness (QED) is 0.829. The van der Waals surface area contributed by atoms with Crippen molar-refractivity contribution in [2.45, 2.75) is 37.1 Å². The molecular weight excluding hydrogens is 333 g/mol. The minimum absolute atomic E-state index is 0.0755. The second-order valence-electron chi connectivity index (χ2n) is 4.57. The Hall–Kier alpha value is -0.340. The van der Waals surface area contributed by atoms with Gasteiger partial charge in [0, 0.05) is 12.0 Å². The van der Waals surface area contributed by atoms with Crippen molar-refractivity contribution < 1.29 is 18.3 Å². The maximum Gasteiger partial charge on any atom is 0.303 e. The first-order valence-electron chi connectivity index (χ1n) is 5.24. The minimum Gasteiger partial charge on any atom is -0.481 e. The number of halogens is 2. The highest BCUT2D eigenvalue weighted by atomic mass is 35.5. The first kappa shape index (κ1) is 16.7. The molecular formula is C10H13Cl2NO4S2. The number of rotatable bonds is 6. The van der Waals surface area contributed by atoms with Gasteiger partial charge in [0.1, 0.15) is 9.23 Å². The fourth-order valence-electron chi connectivity index (χ4n) is 1.40. The summed E-state index contributed by atoms with van der Waals surface area (Å²) in [5.74, 6) is -0.983. The molecule has 0 saturated carbocycles. The highest BCUT2D eigenvalue weighted by molar-refractivity contribution is 7.89. The highest BCUT2D eigenvalue weighted by Crippen LogP contribution is 2.34. The smallest absolute Gasteiger partial charge is 0.303 e. The molecule has 0 aliphatic heterocycles. The number of carboxylic acids is 1. The molecule has 0 aliphatic rings. The fourth-order valence-corrected chi connectivity index (χ4v) is 4.99. The molecule has 0 atom stereocenters. The van der Waals surface area contributed by atoms with Gasteiger partial charge >= 0.3 is 5.97 Å². The molecule has 9 heteroatoms. The summed E-state index contributed by atoms with van der Waals surface area (Å²) in [7, 11) is -3.82. The fraction of sp³-hybridized carbons (Fsp3) is 0.500. The van der Waals surface area contributed by atoms with E-state index in [2.05, 4.69) is 4.72 Å². The topological polar surface area (TPSA) is 83.5 Å². The van der Waals surface area contributed by atoms with E-state index in [1.165, 1.54) is 6.07 Å². The number of nitrogens with one attached hydrogen (secondary N) is 1. The standard InChI is InChI=1S/C10H13Cl2NO4S2/c1-10(2,4-3-8(14)15)13-19(16,17)6-5-7(11)18-9(6)12/h5,13H,3-4H2,1-2H3,(H,14,15). The number of sulfonamides is 1. The SMILES string of the molecule is CC(C)(CCC(=O)O)NS(=O)(=O)c1cc(Cl)sc1Cl. The Balaban J connectivity index is 2.90. The minimum atomic E-state index is -3.82. The molecule has 1 heterocycles. The largest absolute Gasteiger partial charge is 0.481 e. The molecule has 0 spiro atoms. The number of hydrogen-bond donors (Lipinski definition) is 2. The Labute approximate surface area is 125 Å². The summed E-state index contributed by atoms with van der Waals surface area (Å²) < 4.78 is 27.0. The number of hydrogen-bond acceptors (Lipinski definition) is 4. The van der Waals surface area contributed by atoms with E-state index >= 15 is 0 Å². The van der Waals surface area contributed by atoms with E-state index in [-0.39, 0.29) is 26.4 Å². The lowest BCUT2D eigenvalue weighted by molar-refractivity contribution is -0.137. The highest BCUT2D eigenvalue weighted by Gasteiger charge is 2.29. The van der Waals surface area contributed by atoms with E-state index in [1.807, 2.05) is 0 Å². The third kappa shape index (κ3) is 4.92. The van der Waals surface area contributed by atoms with Crippen LogP contribution < -0.4 is 4.72 Å². The lowest BCUT2D eigenvalue weighted by Gasteiger charge is -2.25. The van der Waals surface area contributed by atoms with E-state index in [9.17, 15) is 13.2 Å². The number of aliphatic carboxylic acids is 1. The average Bonchev–Trinajstić information content (AvgIpc) is 2.54. The Morgan fingerprint density at radius 3 is 2.47 bits per heavy atom. The van der Waals surface area contributed by atoms with Crippen LogP contribution in [0.25, 0.3) is 0 Å². The molecule has 0 saturated heterocycles. The second-order valence-corrected chi connectivity index (χ2v) is 8.51. The second kappa shape index (κ2) is 5.97. The summed E-state index contributed by atoms with van der Waals surface area (Å²) in [6.45, 7) is 3.21. The maximum atomic E-state index is 12.1. The van der Waals surface area contributed by atoms with Gasteiger partial charge in [-0.3, -0.25) is 4.79 Å². The lowest BCUT2D eigenvalue weighted by Crippen LogP contribution is -2.43. The Morgan fingerprint density at radius 1 is 1.47 bits per heavy atom. The van der Waals surface area contributed by atoms with Crippen LogP contribution in [0.15, 0.2) is 11.0 Å². The van der Waals surface area contributed by atoms with Crippen molar-refractivity contribution >= 4 is 50.5 Å². The van der Waals surface area contributed by atoms with Crippen molar-refractivity contribution in [3.8, 4) is 0 Å². The molecule has 0 aliphatic carbocycles. The van der Waals surface area contributed by atoms with Crippen LogP contribution in [0.4, 0.5) is 0 Å². The van der Waals surface area contributed by atoms with E-state index < -0.39 is 21.5 Å². The zero-order chi connectivity index (χ0) is 14.8. The molecule has 0 bridgehead atoms. The normalized spacial score (nSPS) is 12.6. The Bertz CT molecular complexity index is 580. The Kier molecular flexibility index (Phi) is 5.25. The zero-order valence-electron chi connectivity index (χ0n) is 10.2. The van der Waals surface area contributed by atoms with Crippen LogP contribution in [0.2, 0.25) is 8.67 Å². The summed E-state index contributed by atoms with van der Waals surface area (Å²) in [6.07, 6.45) is 0.0324. The van der Waals surface area contributed by atoms with Gasteiger partial charge in [-0.05, 0) is 26.3 Å². The van der Waals surface area contributed by atoms with Crippen LogP contribution in [-0.4, -0.2) is 25.0 Å². The molecule has 19 heavy (non-hydrogen) atoms. The molecule has 0 amide bonds. The summed E-state index contributed by atoms with van der Waals surface area (Å²) in [5, 5.41) is 8.63. The van der Waals surface area contributed by atoms with Gasteiger partial charge < -0.3 is 5.11 Å². The van der Waals surface area contributed by atoms with Gasteiger partial charge in [-0.1, -0.05) is 23.2 Å². The van der Waals surface area contributed by atoms with Crippen LogP contribution in [0.1, 0.15) is 26.7 Å². The van der Waals surface area contributed by atoms with Crippen molar-refractivity contribution in [2.75, 3.05) is 0 Å². The van der Waals surface area contributed by atoms with Crippen LogP contribution in [0.5, 0.6) is 0 Å². The molecule has 0 aromatic carbocycles. The van der Waals surface area contributed by atoms with Gasteiger partial charge in [-0.2, -0.15) is 0 Å². The number of carboxylic acid groups (broad SMARTS) is 1. The summed E-state index contributed by atoms with van der Waals surface area (Å²) in [6, 6.07) is 1.27. The van der Waals surface area contributed by atoms with Gasteiger partial charge in [-0.15, -0.1) is 11.3 Å². The maximum absolute atomic E-state index is 12.1. The first-order valence-corrected chi connectivity index (χ1v) is 8.30. The van der Waals surface area contributed by atoms with Gasteiger partial charge in [0.05, 0.1) is 4.34 Å². The molecule has 1 rings (SSSR count). The van der Waals surface area contributed by atoms with E-state index in [1.54, 1.807) is 13.8 Å². The van der Waals surface area contributed by atoms with Crippen LogP contribution in [0.3, 0.4) is 0 Å². The molecule has 2 N–H and O–H groups in total. The molecule has 0 fully saturated rings. The third-order valence-corrected chi connectivity index (χ3v) is 5.74. The van der Waals surface area contributed by atoms with Gasteiger partial charge in [-0.25, -0.2) is 13.1 Å². The summed E-state index contributed by atoms with van der Waals surface area (Å²) in [4.78, 5) is 10.4. The zero-order valence-corrected chi connectivity index (χ0v) is 13.4. The van der Waals surface area contributed by atoms with Crippen LogP contribution in [0, 0.1) is 0 Å². The van der Waals surface area contributed by atoms with Crippen LogP contribution in [-0.2, 0) is 14.8 Å². The van der Waals surface area contributed by atoms with Crippen molar-refractivity contribution in [1.29, 1.82) is 0 Å². The van der Waals surface area contributed by atoms with Crippen molar-refractivity contribution in [3.63, 3.8) is 0 Å². The first-order chi connectivity index (χ1) is 8.53. The number of carbonyl (C=O) groups is 1. The lowest BCUT2D eigenvalue weighted by atomic mass is 10.0. The average molecular weight is 346 g/mol. The monoisotopic (exact) mass is 345 g/mol. The van der Waals surface area contributed by atoms with Gasteiger partial charge in [0.2, 0.25) is 10.0 Å². The molecule has 1 aromatic rings. The predicted octanol–water partition coefficient (Wildman–Crippen LogP) is 2.98. The molecule has 0 radical (unpaired) electrons.